The minimum absolute atomic E-state index is 0.446. The van der Waals surface area contributed by atoms with Crippen LogP contribution in [0.4, 0.5) is 5.69 Å². The molecule has 0 amide bonds. The number of hydrogen-bond donors (Lipinski definition) is 1. The van der Waals surface area contributed by atoms with Crippen LogP contribution in [0.25, 0.3) is 0 Å². The molecule has 2 rings (SSSR count). The molecule has 0 fully saturated rings. The fourth-order valence-electron chi connectivity index (χ4n) is 2.60. The Balaban J connectivity index is 2.03. The molecule has 0 bridgehead atoms. The lowest BCUT2D eigenvalue weighted by molar-refractivity contribution is 0.482. The van der Waals surface area contributed by atoms with E-state index in [1.165, 1.54) is 11.3 Å². The van der Waals surface area contributed by atoms with Gasteiger partial charge in [0, 0.05) is 18.8 Å². The topological polar surface area (TPSA) is 28.4 Å². The highest BCUT2D eigenvalue weighted by Crippen LogP contribution is 2.22. The van der Waals surface area contributed by atoms with Crippen molar-refractivity contribution in [3.05, 3.63) is 53.5 Å². The van der Waals surface area contributed by atoms with E-state index in [0.29, 0.717) is 6.04 Å². The van der Waals surface area contributed by atoms with Crippen molar-refractivity contribution < 1.29 is 4.42 Å². The maximum atomic E-state index is 5.64. The molecule has 1 aromatic heterocycles. The normalized spacial score (nSPS) is 12.4. The summed E-state index contributed by atoms with van der Waals surface area (Å²) in [5.41, 5.74) is 2.56. The summed E-state index contributed by atoms with van der Waals surface area (Å²) < 4.78 is 5.64. The van der Waals surface area contributed by atoms with E-state index >= 15 is 0 Å². The van der Waals surface area contributed by atoms with Gasteiger partial charge >= 0.3 is 0 Å². The predicted molar refractivity (Wildman–Crippen MR) is 88.7 cm³/mol. The lowest BCUT2D eigenvalue weighted by Gasteiger charge is -2.20. The van der Waals surface area contributed by atoms with Gasteiger partial charge in [0.05, 0.1) is 6.54 Å². The SMILES string of the molecule is CCNC(CC)c1ccc(N(C)Cc2ccc(C)o2)cc1. The summed E-state index contributed by atoms with van der Waals surface area (Å²) in [6.07, 6.45) is 1.11. The Hall–Kier alpha value is -1.74. The predicted octanol–water partition coefficient (Wildman–Crippen LogP) is 4.29. The van der Waals surface area contributed by atoms with Crippen LogP contribution in [-0.4, -0.2) is 13.6 Å². The van der Waals surface area contributed by atoms with Gasteiger partial charge in [-0.05, 0) is 49.7 Å². The summed E-state index contributed by atoms with van der Waals surface area (Å²) >= 11 is 0. The molecule has 21 heavy (non-hydrogen) atoms. The van der Waals surface area contributed by atoms with Crippen molar-refractivity contribution in [1.29, 1.82) is 0 Å². The average molecular weight is 286 g/mol. The Bertz CT molecular complexity index is 545. The maximum absolute atomic E-state index is 5.64. The van der Waals surface area contributed by atoms with Gasteiger partial charge in [-0.25, -0.2) is 0 Å². The number of benzene rings is 1. The molecule has 114 valence electrons. The average Bonchev–Trinajstić information content (AvgIpc) is 2.90. The number of nitrogens with zero attached hydrogens (tertiary/aromatic N) is 1. The third-order valence-electron chi connectivity index (χ3n) is 3.78. The van der Waals surface area contributed by atoms with E-state index < -0.39 is 0 Å². The molecule has 1 unspecified atom stereocenters. The van der Waals surface area contributed by atoms with Gasteiger partial charge in [0.25, 0.3) is 0 Å². The van der Waals surface area contributed by atoms with E-state index in [2.05, 4.69) is 55.4 Å². The van der Waals surface area contributed by atoms with Crippen molar-refractivity contribution in [2.45, 2.75) is 39.8 Å². The Morgan fingerprint density at radius 3 is 2.33 bits per heavy atom. The molecule has 3 nitrogen and oxygen atoms in total. The largest absolute Gasteiger partial charge is 0.464 e. The molecule has 0 aliphatic rings. The third kappa shape index (κ3) is 4.11. The Morgan fingerprint density at radius 2 is 1.81 bits per heavy atom. The van der Waals surface area contributed by atoms with Gasteiger partial charge < -0.3 is 14.6 Å². The van der Waals surface area contributed by atoms with Gasteiger partial charge in [0.15, 0.2) is 0 Å². The summed E-state index contributed by atoms with van der Waals surface area (Å²) in [6.45, 7) is 8.13. The first-order valence-electron chi connectivity index (χ1n) is 7.73. The van der Waals surface area contributed by atoms with E-state index in [4.69, 9.17) is 4.42 Å². The van der Waals surface area contributed by atoms with Gasteiger partial charge in [-0.2, -0.15) is 0 Å². The highest BCUT2D eigenvalue weighted by molar-refractivity contribution is 5.47. The number of furan rings is 1. The van der Waals surface area contributed by atoms with E-state index in [-0.39, 0.29) is 0 Å². The standard InChI is InChI=1S/C18H26N2O/c1-5-18(19-6-2)15-8-10-16(11-9-15)20(4)13-17-12-7-14(3)21-17/h7-12,18-19H,5-6,13H2,1-4H3. The van der Waals surface area contributed by atoms with Crippen LogP contribution in [0, 0.1) is 6.92 Å². The van der Waals surface area contributed by atoms with E-state index in [1.54, 1.807) is 0 Å². The number of rotatable bonds is 7. The molecule has 1 N–H and O–H groups in total. The molecule has 0 aliphatic heterocycles. The number of anilines is 1. The smallest absolute Gasteiger partial charge is 0.123 e. The minimum Gasteiger partial charge on any atom is -0.464 e. The van der Waals surface area contributed by atoms with Crippen molar-refractivity contribution in [3.63, 3.8) is 0 Å². The minimum atomic E-state index is 0.446. The number of hydrogen-bond acceptors (Lipinski definition) is 3. The third-order valence-corrected chi connectivity index (χ3v) is 3.78. The second kappa shape index (κ2) is 7.32. The van der Waals surface area contributed by atoms with Gasteiger partial charge in [0.1, 0.15) is 11.5 Å². The first kappa shape index (κ1) is 15.6. The second-order valence-electron chi connectivity index (χ2n) is 5.48. The van der Waals surface area contributed by atoms with Crippen molar-refractivity contribution in [1.82, 2.24) is 5.32 Å². The molecule has 0 spiro atoms. The molecule has 0 saturated carbocycles. The van der Waals surface area contributed by atoms with Crippen molar-refractivity contribution in [3.8, 4) is 0 Å². The molecule has 1 heterocycles. The van der Waals surface area contributed by atoms with E-state index in [0.717, 1.165) is 31.0 Å². The fraction of sp³-hybridized carbons (Fsp3) is 0.444. The molecule has 0 radical (unpaired) electrons. The molecule has 1 aromatic carbocycles. The summed E-state index contributed by atoms with van der Waals surface area (Å²) in [5, 5.41) is 3.51. The zero-order valence-corrected chi connectivity index (χ0v) is 13.5. The fourth-order valence-corrected chi connectivity index (χ4v) is 2.60. The molecular formula is C18H26N2O. The molecule has 0 saturated heterocycles. The van der Waals surface area contributed by atoms with Crippen LogP contribution < -0.4 is 10.2 Å². The molecule has 2 aromatic rings. The summed E-state index contributed by atoms with van der Waals surface area (Å²) in [5.74, 6) is 1.96. The lowest BCUT2D eigenvalue weighted by Crippen LogP contribution is -2.20. The first-order valence-corrected chi connectivity index (χ1v) is 7.73. The van der Waals surface area contributed by atoms with Crippen molar-refractivity contribution >= 4 is 5.69 Å². The monoisotopic (exact) mass is 286 g/mol. The second-order valence-corrected chi connectivity index (χ2v) is 5.48. The van der Waals surface area contributed by atoms with Gasteiger partial charge in [-0.15, -0.1) is 0 Å². The van der Waals surface area contributed by atoms with Crippen molar-refractivity contribution in [2.24, 2.45) is 0 Å². The molecule has 3 heteroatoms. The van der Waals surface area contributed by atoms with Crippen LogP contribution in [0.3, 0.4) is 0 Å². The highest BCUT2D eigenvalue weighted by atomic mass is 16.3. The van der Waals surface area contributed by atoms with Crippen LogP contribution in [0.15, 0.2) is 40.8 Å². The van der Waals surface area contributed by atoms with Gasteiger partial charge in [-0.3, -0.25) is 0 Å². The van der Waals surface area contributed by atoms with Crippen molar-refractivity contribution in [2.75, 3.05) is 18.5 Å². The van der Waals surface area contributed by atoms with E-state index in [9.17, 15) is 0 Å². The molecular weight excluding hydrogens is 260 g/mol. The van der Waals surface area contributed by atoms with E-state index in [1.807, 2.05) is 19.1 Å². The Morgan fingerprint density at radius 1 is 1.10 bits per heavy atom. The van der Waals surface area contributed by atoms with Crippen LogP contribution in [0.1, 0.15) is 43.4 Å². The first-order chi connectivity index (χ1) is 10.1. The summed E-state index contributed by atoms with van der Waals surface area (Å²) in [7, 11) is 2.09. The zero-order valence-electron chi connectivity index (χ0n) is 13.5. The summed E-state index contributed by atoms with van der Waals surface area (Å²) in [6, 6.07) is 13.3. The number of aryl methyl sites for hydroxylation is 1. The van der Waals surface area contributed by atoms with Crippen LogP contribution in [0.2, 0.25) is 0 Å². The van der Waals surface area contributed by atoms with Gasteiger partial charge in [0.2, 0.25) is 0 Å². The van der Waals surface area contributed by atoms with Crippen LogP contribution >= 0.6 is 0 Å². The number of nitrogens with one attached hydrogen (secondary N) is 1. The molecule has 0 aliphatic carbocycles. The maximum Gasteiger partial charge on any atom is 0.123 e. The lowest BCUT2D eigenvalue weighted by atomic mass is 10.0. The summed E-state index contributed by atoms with van der Waals surface area (Å²) in [4.78, 5) is 2.20. The zero-order chi connectivity index (χ0) is 15.2. The Kier molecular flexibility index (Phi) is 5.45. The quantitative estimate of drug-likeness (QED) is 0.823. The van der Waals surface area contributed by atoms with Gasteiger partial charge in [-0.1, -0.05) is 26.0 Å². The van der Waals surface area contributed by atoms with Crippen LogP contribution in [-0.2, 0) is 6.54 Å². The highest BCUT2D eigenvalue weighted by Gasteiger charge is 2.09. The molecule has 1 atom stereocenters. The van der Waals surface area contributed by atoms with Crippen LogP contribution in [0.5, 0.6) is 0 Å². The Labute approximate surface area is 128 Å².